The smallest absolute Gasteiger partial charge is 0.0234 e. The molecule has 0 unspecified atom stereocenters. The molecule has 0 bridgehead atoms. The Balaban J connectivity index is -0.000000451. The van der Waals surface area contributed by atoms with E-state index in [1.807, 2.05) is 0 Å². The topological polar surface area (TPSA) is 78.7 Å². The van der Waals surface area contributed by atoms with Gasteiger partial charge in [0.2, 0.25) is 0 Å². The molecule has 2 saturated heterocycles. The van der Waals surface area contributed by atoms with Crippen LogP contribution >= 0.6 is 136 Å². The monoisotopic (exact) mass is 1140 g/mol. The van der Waals surface area contributed by atoms with Crippen molar-refractivity contribution in [3.8, 4) is 0 Å². The molecule has 0 atom stereocenters. The minimum absolute atomic E-state index is 0. The Bertz CT molecular complexity index is 588. The number of nitrogens with one attached hydrogen (secondary N) is 6. The quantitative estimate of drug-likeness (QED) is 0.251. The summed E-state index contributed by atoms with van der Waals surface area (Å²) in [6, 6.07) is 9.39. The van der Waals surface area contributed by atoms with Gasteiger partial charge in [0.05, 0.1) is 0 Å². The van der Waals surface area contributed by atoms with Crippen LogP contribution < -0.4 is 31.9 Å². The Labute approximate surface area is 352 Å². The molecule has 0 amide bonds. The third kappa shape index (κ3) is 30.8. The fraction of sp³-hybridized carbons (Fsp3) is 0.786. The summed E-state index contributed by atoms with van der Waals surface area (Å²) in [7, 11) is 0. The van der Waals surface area contributed by atoms with Gasteiger partial charge in [-0.3, -0.25) is 9.80 Å². The third-order valence-corrected chi connectivity index (χ3v) is 7.08. The van der Waals surface area contributed by atoms with Gasteiger partial charge in [-0.25, -0.2) is 0 Å². The van der Waals surface area contributed by atoms with Gasteiger partial charge >= 0.3 is 0 Å². The fourth-order valence-electron chi connectivity index (χ4n) is 4.86. The van der Waals surface area contributed by atoms with Crippen LogP contribution in [0.4, 0.5) is 0 Å². The molecule has 44 heavy (non-hydrogen) atoms. The van der Waals surface area contributed by atoms with Gasteiger partial charge in [0.15, 0.2) is 0 Å². The molecule has 0 spiro atoms. The first-order valence-corrected chi connectivity index (χ1v) is 14.7. The zero-order valence-corrected chi connectivity index (χ0v) is 39.7. The zero-order valence-electron chi connectivity index (χ0n) is 26.0. The van der Waals surface area contributed by atoms with Crippen LogP contribution in [0.5, 0.6) is 0 Å². The third-order valence-electron chi connectivity index (χ3n) is 7.08. The highest BCUT2D eigenvalue weighted by atomic mass is 79.9. The summed E-state index contributed by atoms with van der Waals surface area (Å²) < 4.78 is 0. The lowest BCUT2D eigenvalue weighted by molar-refractivity contribution is 0.261. The number of nitrogens with zero attached hydrogens (tertiary/aromatic N) is 2. The van der Waals surface area contributed by atoms with Crippen LogP contribution in [0.3, 0.4) is 0 Å². The number of hydrogen-bond donors (Lipinski definition) is 6. The molecule has 8 nitrogen and oxygen atoms in total. The molecular formula is C28H62Br8N8. The Morgan fingerprint density at radius 1 is 0.341 bits per heavy atom. The first-order valence-electron chi connectivity index (χ1n) is 14.7. The van der Waals surface area contributed by atoms with E-state index < -0.39 is 0 Å². The van der Waals surface area contributed by atoms with Gasteiger partial charge in [0.1, 0.15) is 0 Å². The highest BCUT2D eigenvalue weighted by Gasteiger charge is 2.09. The molecule has 16 heteroatoms. The van der Waals surface area contributed by atoms with E-state index in [0.29, 0.717) is 0 Å². The lowest BCUT2D eigenvalue weighted by atomic mass is 10.1. The SMILES string of the molecule is Br.Br.Br.Br.Br.Br.Br.Br.c1cc(CN2CCNCCCNCCCNCC2)ccc1CN1CCNCCCNCCCNCC1. The summed E-state index contributed by atoms with van der Waals surface area (Å²) in [6.45, 7) is 19.6. The predicted octanol–water partition coefficient (Wildman–Crippen LogP) is 5.04. The van der Waals surface area contributed by atoms with Crippen molar-refractivity contribution in [1.29, 1.82) is 0 Å². The first-order chi connectivity index (χ1) is 17.9. The summed E-state index contributed by atoms with van der Waals surface area (Å²) in [4.78, 5) is 5.18. The van der Waals surface area contributed by atoms with Crippen LogP contribution in [0, 0.1) is 0 Å². The van der Waals surface area contributed by atoms with Crippen LogP contribution in [0.15, 0.2) is 24.3 Å². The maximum atomic E-state index is 3.62. The van der Waals surface area contributed by atoms with Crippen LogP contribution in [0.1, 0.15) is 36.8 Å². The van der Waals surface area contributed by atoms with E-state index in [1.54, 1.807) is 0 Å². The van der Waals surface area contributed by atoms with Crippen molar-refractivity contribution in [3.63, 3.8) is 0 Å². The van der Waals surface area contributed by atoms with Crippen LogP contribution in [-0.4, -0.2) is 115 Å². The predicted molar refractivity (Wildman–Crippen MR) is 235 cm³/mol. The summed E-state index contributed by atoms with van der Waals surface area (Å²) in [5.41, 5.74) is 2.84. The molecule has 1 aromatic rings. The average molecular weight is 1150 g/mol. The van der Waals surface area contributed by atoms with Crippen LogP contribution in [-0.2, 0) is 13.1 Å². The highest BCUT2D eigenvalue weighted by Crippen LogP contribution is 2.10. The van der Waals surface area contributed by atoms with Crippen molar-refractivity contribution < 1.29 is 0 Å². The largest absolute Gasteiger partial charge is 0.317 e. The van der Waals surface area contributed by atoms with E-state index in [2.05, 4.69) is 66.0 Å². The second kappa shape index (κ2) is 41.9. The van der Waals surface area contributed by atoms with E-state index in [1.165, 1.54) is 36.8 Å². The van der Waals surface area contributed by atoms with E-state index >= 15 is 0 Å². The first kappa shape index (κ1) is 58.9. The van der Waals surface area contributed by atoms with Gasteiger partial charge in [-0.1, -0.05) is 24.3 Å². The minimum Gasteiger partial charge on any atom is -0.317 e. The zero-order chi connectivity index (χ0) is 24.9. The van der Waals surface area contributed by atoms with Crippen LogP contribution in [0.25, 0.3) is 0 Å². The van der Waals surface area contributed by atoms with Crippen molar-refractivity contribution in [2.75, 3.05) is 105 Å². The molecule has 6 N–H and O–H groups in total. The standard InChI is InChI=1S/C28H54N8.8BrH/c1-9-29-10-2-14-32-18-22-35(21-17-31-13-1)25-27-5-7-28(8-6-27)26-36-23-19-33-15-3-11-30-12-4-16-34-20-24-36;;;;;;;;/h5-8,29-34H,1-4,9-26H2;8*1H. The molecule has 3 rings (SSSR count). The second-order valence-corrected chi connectivity index (χ2v) is 10.3. The number of halogens is 8. The van der Waals surface area contributed by atoms with Crippen LogP contribution in [0.2, 0.25) is 0 Å². The van der Waals surface area contributed by atoms with Gasteiger partial charge in [-0.2, -0.15) is 0 Å². The van der Waals surface area contributed by atoms with Gasteiger partial charge in [-0.15, -0.1) is 136 Å². The van der Waals surface area contributed by atoms with E-state index in [-0.39, 0.29) is 136 Å². The van der Waals surface area contributed by atoms with Crippen molar-refractivity contribution in [2.24, 2.45) is 0 Å². The van der Waals surface area contributed by atoms with Crippen molar-refractivity contribution in [2.45, 2.75) is 38.8 Å². The molecule has 2 aliphatic heterocycles. The van der Waals surface area contributed by atoms with Crippen molar-refractivity contribution >= 4 is 136 Å². The van der Waals surface area contributed by atoms with Gasteiger partial charge in [0.25, 0.3) is 0 Å². The normalized spacial score (nSPS) is 18.7. The number of benzene rings is 1. The molecule has 0 aliphatic carbocycles. The van der Waals surface area contributed by atoms with Crippen molar-refractivity contribution in [3.05, 3.63) is 35.4 Å². The fourth-order valence-corrected chi connectivity index (χ4v) is 4.86. The maximum Gasteiger partial charge on any atom is 0.0234 e. The van der Waals surface area contributed by atoms with Gasteiger partial charge in [0, 0.05) is 65.4 Å². The molecule has 270 valence electrons. The Hall–Kier alpha value is 2.74. The highest BCUT2D eigenvalue weighted by molar-refractivity contribution is 8.93. The van der Waals surface area contributed by atoms with Crippen molar-refractivity contribution in [1.82, 2.24) is 41.7 Å². The summed E-state index contributed by atoms with van der Waals surface area (Å²) in [5.74, 6) is 0. The number of hydrogen-bond acceptors (Lipinski definition) is 8. The molecule has 2 aliphatic rings. The summed E-state index contributed by atoms with van der Waals surface area (Å²) in [5, 5.41) is 21.5. The Kier molecular flexibility index (Phi) is 56.1. The van der Waals surface area contributed by atoms with E-state index in [9.17, 15) is 0 Å². The molecule has 2 heterocycles. The maximum absolute atomic E-state index is 3.62. The molecule has 1 aromatic carbocycles. The minimum atomic E-state index is 0. The number of rotatable bonds is 4. The molecule has 0 saturated carbocycles. The van der Waals surface area contributed by atoms with E-state index in [0.717, 1.165) is 118 Å². The van der Waals surface area contributed by atoms with Gasteiger partial charge in [-0.05, 0) is 89.2 Å². The Morgan fingerprint density at radius 2 is 0.545 bits per heavy atom. The summed E-state index contributed by atoms with van der Waals surface area (Å²) in [6.07, 6.45) is 4.82. The average Bonchev–Trinajstić information content (AvgIpc) is 2.89. The van der Waals surface area contributed by atoms with E-state index in [4.69, 9.17) is 0 Å². The van der Waals surface area contributed by atoms with Gasteiger partial charge < -0.3 is 31.9 Å². The summed E-state index contributed by atoms with van der Waals surface area (Å²) >= 11 is 0. The second-order valence-electron chi connectivity index (χ2n) is 10.3. The Morgan fingerprint density at radius 3 is 0.773 bits per heavy atom. The molecular weight excluding hydrogens is 1090 g/mol. The molecule has 2 fully saturated rings. The molecule has 0 radical (unpaired) electrons. The lowest BCUT2D eigenvalue weighted by Gasteiger charge is -2.25. The lowest BCUT2D eigenvalue weighted by Crippen LogP contribution is -2.38. The molecule has 0 aromatic heterocycles.